The van der Waals surface area contributed by atoms with Crippen LogP contribution in [0, 0.1) is 6.92 Å². The average Bonchev–Trinajstić information content (AvgIpc) is 2.43. The predicted molar refractivity (Wildman–Crippen MR) is 79.8 cm³/mol. The van der Waals surface area contributed by atoms with Gasteiger partial charge in [-0.05, 0) is 26.2 Å². The van der Waals surface area contributed by atoms with Crippen LogP contribution >= 0.6 is 0 Å². The molecule has 0 radical (unpaired) electrons. The maximum absolute atomic E-state index is 5.44. The Morgan fingerprint density at radius 3 is 2.68 bits per heavy atom. The van der Waals surface area contributed by atoms with Gasteiger partial charge in [-0.1, -0.05) is 13.8 Å². The van der Waals surface area contributed by atoms with Crippen molar-refractivity contribution in [3.8, 4) is 0 Å². The zero-order valence-corrected chi connectivity index (χ0v) is 12.3. The third-order valence-electron chi connectivity index (χ3n) is 2.61. The molecule has 1 aromatic heterocycles. The fourth-order valence-electron chi connectivity index (χ4n) is 1.57. The molecular weight excluding hydrogens is 240 g/mol. The highest BCUT2D eigenvalue weighted by atomic mass is 16.5. The molecule has 108 valence electrons. The van der Waals surface area contributed by atoms with Gasteiger partial charge in [0.15, 0.2) is 0 Å². The second-order valence-corrected chi connectivity index (χ2v) is 4.54. The molecule has 0 saturated carbocycles. The first-order chi connectivity index (χ1) is 9.27. The van der Waals surface area contributed by atoms with E-state index in [1.54, 1.807) is 0 Å². The van der Waals surface area contributed by atoms with Crippen molar-refractivity contribution in [1.82, 2.24) is 9.97 Å². The second kappa shape index (κ2) is 9.55. The van der Waals surface area contributed by atoms with Gasteiger partial charge in [0.05, 0.1) is 0 Å². The highest BCUT2D eigenvalue weighted by Crippen LogP contribution is 2.12. The minimum absolute atomic E-state index is 0.692. The van der Waals surface area contributed by atoms with Crippen molar-refractivity contribution in [2.24, 2.45) is 0 Å². The van der Waals surface area contributed by atoms with Gasteiger partial charge in [0.1, 0.15) is 5.82 Å². The third-order valence-corrected chi connectivity index (χ3v) is 2.61. The second-order valence-electron chi connectivity index (χ2n) is 4.54. The van der Waals surface area contributed by atoms with Gasteiger partial charge >= 0.3 is 0 Å². The summed E-state index contributed by atoms with van der Waals surface area (Å²) in [7, 11) is 0. The third kappa shape index (κ3) is 6.38. The molecule has 5 nitrogen and oxygen atoms in total. The van der Waals surface area contributed by atoms with Gasteiger partial charge in [-0.25, -0.2) is 4.98 Å². The Labute approximate surface area is 116 Å². The summed E-state index contributed by atoms with van der Waals surface area (Å²) in [5.74, 6) is 1.60. The lowest BCUT2D eigenvalue weighted by molar-refractivity contribution is 0.134. The van der Waals surface area contributed by atoms with Crippen molar-refractivity contribution in [2.75, 3.05) is 36.9 Å². The normalized spacial score (nSPS) is 10.5. The minimum Gasteiger partial charge on any atom is -0.381 e. The van der Waals surface area contributed by atoms with E-state index in [0.29, 0.717) is 5.95 Å². The summed E-state index contributed by atoms with van der Waals surface area (Å²) in [6, 6.07) is 0. The van der Waals surface area contributed by atoms with Crippen LogP contribution in [0.2, 0.25) is 0 Å². The summed E-state index contributed by atoms with van der Waals surface area (Å²) in [5.41, 5.74) is 1.07. The van der Waals surface area contributed by atoms with Crippen molar-refractivity contribution >= 4 is 11.8 Å². The van der Waals surface area contributed by atoms with E-state index in [9.17, 15) is 0 Å². The SMILES string of the molecule is CCCNc1ncc(C)c(NCCCOCCC)n1. The van der Waals surface area contributed by atoms with Gasteiger partial charge in [-0.3, -0.25) is 0 Å². The Kier molecular flexibility index (Phi) is 7.89. The standard InChI is InChI=1S/C14H26N4O/c1-4-7-16-14-17-11-12(3)13(18-14)15-8-6-10-19-9-5-2/h11H,4-10H2,1-3H3,(H2,15,16,17,18). The number of hydrogen-bond acceptors (Lipinski definition) is 5. The number of aryl methyl sites for hydroxylation is 1. The zero-order chi connectivity index (χ0) is 13.9. The van der Waals surface area contributed by atoms with Crippen LogP contribution in [0.25, 0.3) is 0 Å². The molecule has 2 N–H and O–H groups in total. The summed E-state index contributed by atoms with van der Waals surface area (Å²) in [6.07, 6.45) is 4.97. The molecule has 0 saturated heterocycles. The molecule has 0 aliphatic carbocycles. The lowest BCUT2D eigenvalue weighted by Crippen LogP contribution is -2.11. The number of nitrogens with zero attached hydrogens (tertiary/aromatic N) is 2. The number of ether oxygens (including phenoxy) is 1. The van der Waals surface area contributed by atoms with E-state index >= 15 is 0 Å². The van der Waals surface area contributed by atoms with E-state index in [2.05, 4.69) is 34.4 Å². The van der Waals surface area contributed by atoms with Crippen molar-refractivity contribution in [3.05, 3.63) is 11.8 Å². The van der Waals surface area contributed by atoms with Gasteiger partial charge < -0.3 is 15.4 Å². The molecule has 0 fully saturated rings. The molecule has 0 unspecified atom stereocenters. The quantitative estimate of drug-likeness (QED) is 0.638. The van der Waals surface area contributed by atoms with Crippen LogP contribution < -0.4 is 10.6 Å². The monoisotopic (exact) mass is 266 g/mol. The van der Waals surface area contributed by atoms with E-state index in [-0.39, 0.29) is 0 Å². The van der Waals surface area contributed by atoms with Gasteiger partial charge in [0.25, 0.3) is 0 Å². The van der Waals surface area contributed by atoms with Crippen LogP contribution in [0.4, 0.5) is 11.8 Å². The number of anilines is 2. The smallest absolute Gasteiger partial charge is 0.224 e. The number of rotatable bonds is 10. The van der Waals surface area contributed by atoms with Crippen LogP contribution in [0.5, 0.6) is 0 Å². The van der Waals surface area contributed by atoms with E-state index in [1.807, 2.05) is 13.1 Å². The maximum Gasteiger partial charge on any atom is 0.224 e. The maximum atomic E-state index is 5.44. The fraction of sp³-hybridized carbons (Fsp3) is 0.714. The molecule has 0 bridgehead atoms. The molecule has 1 rings (SSSR count). The van der Waals surface area contributed by atoms with E-state index < -0.39 is 0 Å². The van der Waals surface area contributed by atoms with E-state index in [4.69, 9.17) is 4.74 Å². The summed E-state index contributed by atoms with van der Waals surface area (Å²) in [6.45, 7) is 9.66. The molecule has 0 aliphatic heterocycles. The zero-order valence-electron chi connectivity index (χ0n) is 12.3. The molecule has 0 aliphatic rings. The first-order valence-electron chi connectivity index (χ1n) is 7.17. The Bertz CT molecular complexity index is 357. The minimum atomic E-state index is 0.692. The summed E-state index contributed by atoms with van der Waals surface area (Å²) in [4.78, 5) is 8.73. The lowest BCUT2D eigenvalue weighted by Gasteiger charge is -2.10. The summed E-state index contributed by atoms with van der Waals surface area (Å²) >= 11 is 0. The van der Waals surface area contributed by atoms with Gasteiger partial charge in [0, 0.05) is 38.1 Å². The topological polar surface area (TPSA) is 59.1 Å². The van der Waals surface area contributed by atoms with Gasteiger partial charge in [0.2, 0.25) is 5.95 Å². The van der Waals surface area contributed by atoms with Crippen LogP contribution in [0.3, 0.4) is 0 Å². The summed E-state index contributed by atoms with van der Waals surface area (Å²) in [5, 5.41) is 6.53. The molecule has 1 heterocycles. The molecule has 0 aromatic carbocycles. The van der Waals surface area contributed by atoms with Gasteiger partial charge in [-0.15, -0.1) is 0 Å². The molecule has 0 spiro atoms. The van der Waals surface area contributed by atoms with Crippen molar-refractivity contribution in [1.29, 1.82) is 0 Å². The first-order valence-corrected chi connectivity index (χ1v) is 7.17. The van der Waals surface area contributed by atoms with E-state index in [0.717, 1.165) is 56.9 Å². The largest absolute Gasteiger partial charge is 0.381 e. The molecule has 1 aromatic rings. The van der Waals surface area contributed by atoms with Crippen LogP contribution in [0.1, 0.15) is 38.7 Å². The van der Waals surface area contributed by atoms with Gasteiger partial charge in [-0.2, -0.15) is 4.98 Å². The summed E-state index contributed by atoms with van der Waals surface area (Å²) < 4.78 is 5.44. The van der Waals surface area contributed by atoms with Crippen molar-refractivity contribution < 1.29 is 4.74 Å². The predicted octanol–water partition coefficient (Wildman–Crippen LogP) is 2.84. The van der Waals surface area contributed by atoms with Crippen molar-refractivity contribution in [2.45, 2.75) is 40.0 Å². The average molecular weight is 266 g/mol. The molecule has 0 amide bonds. The molecule has 5 heteroatoms. The van der Waals surface area contributed by atoms with Crippen LogP contribution in [-0.4, -0.2) is 36.3 Å². The Balaban J connectivity index is 2.34. The Morgan fingerprint density at radius 1 is 1.11 bits per heavy atom. The number of hydrogen-bond donors (Lipinski definition) is 2. The van der Waals surface area contributed by atoms with Crippen LogP contribution in [-0.2, 0) is 4.74 Å². The highest BCUT2D eigenvalue weighted by Gasteiger charge is 2.02. The number of aromatic nitrogens is 2. The number of nitrogens with one attached hydrogen (secondary N) is 2. The van der Waals surface area contributed by atoms with E-state index in [1.165, 1.54) is 0 Å². The highest BCUT2D eigenvalue weighted by molar-refractivity contribution is 5.46. The fourth-order valence-corrected chi connectivity index (χ4v) is 1.57. The molecular formula is C14H26N4O. The molecule has 19 heavy (non-hydrogen) atoms. The molecule has 0 atom stereocenters. The first kappa shape index (κ1) is 15.7. The van der Waals surface area contributed by atoms with Crippen molar-refractivity contribution in [3.63, 3.8) is 0 Å². The Morgan fingerprint density at radius 2 is 1.95 bits per heavy atom. The Hall–Kier alpha value is -1.36. The van der Waals surface area contributed by atoms with Crippen LogP contribution in [0.15, 0.2) is 6.20 Å². The lowest BCUT2D eigenvalue weighted by atomic mass is 10.3.